The summed E-state index contributed by atoms with van der Waals surface area (Å²) in [5, 5.41) is 13.9. The summed E-state index contributed by atoms with van der Waals surface area (Å²) in [4.78, 5) is 0. The molecule has 2 nitrogen and oxygen atoms in total. The molecule has 2 fully saturated rings. The predicted octanol–water partition coefficient (Wildman–Crippen LogP) is 3.09. The minimum absolute atomic E-state index is 0.0986. The molecule has 0 bridgehead atoms. The Bertz CT molecular complexity index is 229. The Morgan fingerprint density at radius 2 is 1.47 bits per heavy atom. The largest absolute Gasteiger partial charge is 0.392 e. The van der Waals surface area contributed by atoms with Crippen molar-refractivity contribution in [3.63, 3.8) is 0 Å². The van der Waals surface area contributed by atoms with Crippen LogP contribution in [0.3, 0.4) is 0 Å². The summed E-state index contributed by atoms with van der Waals surface area (Å²) in [7, 11) is 0. The highest BCUT2D eigenvalue weighted by molar-refractivity contribution is 4.89. The van der Waals surface area contributed by atoms with Gasteiger partial charge in [0.15, 0.2) is 0 Å². The van der Waals surface area contributed by atoms with E-state index in [9.17, 15) is 5.11 Å². The van der Waals surface area contributed by atoms with E-state index in [4.69, 9.17) is 0 Å². The van der Waals surface area contributed by atoms with Gasteiger partial charge in [-0.15, -0.1) is 0 Å². The maximum absolute atomic E-state index is 10.1. The van der Waals surface area contributed by atoms with E-state index in [-0.39, 0.29) is 6.10 Å². The molecule has 0 aromatic heterocycles. The standard InChI is InChI=1S/C15H29NO/c1-11(2)12-7-3-4-8-13(12)16-14-9-5-6-10-15(14)17/h11-17H,3-10H2,1-2H3/t12?,13?,14-,15-/m1/s1. The van der Waals surface area contributed by atoms with Gasteiger partial charge in [-0.05, 0) is 37.5 Å². The first kappa shape index (κ1) is 13.4. The molecule has 0 spiro atoms. The average Bonchev–Trinajstić information content (AvgIpc) is 2.32. The molecule has 2 N–H and O–H groups in total. The van der Waals surface area contributed by atoms with Crippen LogP contribution in [0.1, 0.15) is 65.2 Å². The van der Waals surface area contributed by atoms with E-state index in [1.807, 2.05) is 0 Å². The van der Waals surface area contributed by atoms with E-state index in [1.54, 1.807) is 0 Å². The molecule has 0 amide bonds. The molecular weight excluding hydrogens is 210 g/mol. The summed E-state index contributed by atoms with van der Waals surface area (Å²) >= 11 is 0. The Balaban J connectivity index is 1.90. The molecule has 2 unspecified atom stereocenters. The highest BCUT2D eigenvalue weighted by Gasteiger charge is 2.31. The SMILES string of the molecule is CC(C)C1CCCCC1N[C@@H]1CCCC[C@H]1O. The summed E-state index contributed by atoms with van der Waals surface area (Å²) in [6.45, 7) is 4.70. The first-order valence-electron chi connectivity index (χ1n) is 7.62. The van der Waals surface area contributed by atoms with Crippen molar-refractivity contribution in [1.82, 2.24) is 5.32 Å². The number of aliphatic hydroxyl groups excluding tert-OH is 1. The zero-order valence-corrected chi connectivity index (χ0v) is 11.5. The number of aliphatic hydroxyl groups is 1. The fraction of sp³-hybridized carbons (Fsp3) is 1.00. The molecular formula is C15H29NO. The minimum Gasteiger partial charge on any atom is -0.392 e. The Hall–Kier alpha value is -0.0800. The van der Waals surface area contributed by atoms with Gasteiger partial charge in [0.2, 0.25) is 0 Å². The van der Waals surface area contributed by atoms with Crippen molar-refractivity contribution < 1.29 is 5.11 Å². The zero-order chi connectivity index (χ0) is 12.3. The second-order valence-electron chi connectivity index (χ2n) is 6.42. The highest BCUT2D eigenvalue weighted by Crippen LogP contribution is 2.31. The van der Waals surface area contributed by atoms with Gasteiger partial charge in [0, 0.05) is 12.1 Å². The summed E-state index contributed by atoms with van der Waals surface area (Å²) in [5.74, 6) is 1.59. The highest BCUT2D eigenvalue weighted by atomic mass is 16.3. The topological polar surface area (TPSA) is 32.3 Å². The van der Waals surface area contributed by atoms with Gasteiger partial charge in [-0.2, -0.15) is 0 Å². The van der Waals surface area contributed by atoms with Crippen molar-refractivity contribution in [2.75, 3.05) is 0 Å². The lowest BCUT2D eigenvalue weighted by atomic mass is 9.77. The number of rotatable bonds is 3. The fourth-order valence-electron chi connectivity index (χ4n) is 3.75. The van der Waals surface area contributed by atoms with Gasteiger partial charge in [-0.1, -0.05) is 39.5 Å². The summed E-state index contributed by atoms with van der Waals surface area (Å²) in [6.07, 6.45) is 10.0. The van der Waals surface area contributed by atoms with E-state index in [0.29, 0.717) is 12.1 Å². The second-order valence-corrected chi connectivity index (χ2v) is 6.42. The lowest BCUT2D eigenvalue weighted by Gasteiger charge is -2.40. The van der Waals surface area contributed by atoms with Gasteiger partial charge in [0.05, 0.1) is 6.10 Å². The van der Waals surface area contributed by atoms with E-state index >= 15 is 0 Å². The number of hydrogen-bond donors (Lipinski definition) is 2. The Morgan fingerprint density at radius 3 is 2.12 bits per heavy atom. The van der Waals surface area contributed by atoms with Crippen LogP contribution in [0.4, 0.5) is 0 Å². The third-order valence-corrected chi connectivity index (χ3v) is 4.83. The van der Waals surface area contributed by atoms with Gasteiger partial charge in [0.1, 0.15) is 0 Å². The summed E-state index contributed by atoms with van der Waals surface area (Å²) in [5.41, 5.74) is 0. The lowest BCUT2D eigenvalue weighted by molar-refractivity contribution is 0.0694. The normalized spacial score (nSPS) is 39.5. The molecule has 2 saturated carbocycles. The summed E-state index contributed by atoms with van der Waals surface area (Å²) < 4.78 is 0. The molecule has 2 aliphatic carbocycles. The fourth-order valence-corrected chi connectivity index (χ4v) is 3.75. The monoisotopic (exact) mass is 239 g/mol. The summed E-state index contributed by atoms with van der Waals surface area (Å²) in [6, 6.07) is 1.02. The van der Waals surface area contributed by atoms with Crippen LogP contribution in [0.25, 0.3) is 0 Å². The first-order valence-corrected chi connectivity index (χ1v) is 7.62. The van der Waals surface area contributed by atoms with Crippen LogP contribution in [0, 0.1) is 11.8 Å². The van der Waals surface area contributed by atoms with Crippen LogP contribution in [0.15, 0.2) is 0 Å². The van der Waals surface area contributed by atoms with Crippen LogP contribution in [0.2, 0.25) is 0 Å². The molecule has 0 radical (unpaired) electrons. The lowest BCUT2D eigenvalue weighted by Crippen LogP contribution is -2.51. The van der Waals surface area contributed by atoms with Crippen LogP contribution in [-0.2, 0) is 0 Å². The average molecular weight is 239 g/mol. The van der Waals surface area contributed by atoms with Crippen LogP contribution in [-0.4, -0.2) is 23.3 Å². The van der Waals surface area contributed by atoms with Gasteiger partial charge in [-0.25, -0.2) is 0 Å². The third kappa shape index (κ3) is 3.45. The third-order valence-electron chi connectivity index (χ3n) is 4.83. The maximum atomic E-state index is 10.1. The van der Waals surface area contributed by atoms with Crippen molar-refractivity contribution in [2.24, 2.45) is 11.8 Å². The first-order chi connectivity index (χ1) is 8.18. The second kappa shape index (κ2) is 6.19. The molecule has 4 atom stereocenters. The van der Waals surface area contributed by atoms with Crippen LogP contribution in [0.5, 0.6) is 0 Å². The molecule has 0 aliphatic heterocycles. The molecule has 2 aliphatic rings. The van der Waals surface area contributed by atoms with E-state index in [1.165, 1.54) is 44.9 Å². The van der Waals surface area contributed by atoms with Gasteiger partial charge in [-0.3, -0.25) is 0 Å². The molecule has 0 aromatic carbocycles. The molecule has 100 valence electrons. The molecule has 2 rings (SSSR count). The van der Waals surface area contributed by atoms with E-state index in [0.717, 1.165) is 18.3 Å². The molecule has 0 aromatic rings. The van der Waals surface area contributed by atoms with E-state index < -0.39 is 0 Å². The molecule has 0 saturated heterocycles. The van der Waals surface area contributed by atoms with Crippen molar-refractivity contribution >= 4 is 0 Å². The van der Waals surface area contributed by atoms with E-state index in [2.05, 4.69) is 19.2 Å². The van der Waals surface area contributed by atoms with Crippen molar-refractivity contribution in [3.05, 3.63) is 0 Å². The molecule has 0 heterocycles. The Labute approximate surface area is 106 Å². The van der Waals surface area contributed by atoms with Crippen molar-refractivity contribution in [1.29, 1.82) is 0 Å². The quantitative estimate of drug-likeness (QED) is 0.793. The number of nitrogens with one attached hydrogen (secondary N) is 1. The predicted molar refractivity (Wildman–Crippen MR) is 72.0 cm³/mol. The zero-order valence-electron chi connectivity index (χ0n) is 11.5. The van der Waals surface area contributed by atoms with Crippen LogP contribution >= 0.6 is 0 Å². The molecule has 2 heteroatoms. The van der Waals surface area contributed by atoms with Gasteiger partial charge >= 0.3 is 0 Å². The smallest absolute Gasteiger partial charge is 0.0693 e. The van der Waals surface area contributed by atoms with Crippen molar-refractivity contribution in [2.45, 2.75) is 83.4 Å². The minimum atomic E-state index is -0.0986. The molecule has 17 heavy (non-hydrogen) atoms. The van der Waals surface area contributed by atoms with Gasteiger partial charge in [0.25, 0.3) is 0 Å². The Kier molecular flexibility index (Phi) is 4.87. The van der Waals surface area contributed by atoms with Gasteiger partial charge < -0.3 is 10.4 Å². The van der Waals surface area contributed by atoms with Crippen LogP contribution < -0.4 is 5.32 Å². The number of hydrogen-bond acceptors (Lipinski definition) is 2. The Morgan fingerprint density at radius 1 is 0.882 bits per heavy atom. The maximum Gasteiger partial charge on any atom is 0.0693 e. The van der Waals surface area contributed by atoms with Crippen molar-refractivity contribution in [3.8, 4) is 0 Å².